The van der Waals surface area contributed by atoms with Crippen LogP contribution in [0, 0.1) is 17.7 Å². The zero-order valence-electron chi connectivity index (χ0n) is 19.1. The monoisotopic (exact) mass is 471 g/mol. The molecule has 2 aliphatic heterocycles. The maximum atomic E-state index is 14.1. The first kappa shape index (κ1) is 21.7. The number of nitrogens with one attached hydrogen (secondary N) is 1. The van der Waals surface area contributed by atoms with Crippen LogP contribution < -0.4 is 5.32 Å². The van der Waals surface area contributed by atoms with Gasteiger partial charge in [-0.25, -0.2) is 19.3 Å². The minimum Gasteiger partial charge on any atom is -0.341 e. The number of ether oxygens (including phenoxy) is 3. The van der Waals surface area contributed by atoms with Crippen molar-refractivity contribution in [2.24, 2.45) is 0 Å². The lowest BCUT2D eigenvalue weighted by Gasteiger charge is -2.23. The third kappa shape index (κ3) is 4.02. The number of halogens is 1. The molecular weight excluding hydrogens is 449 g/mol. The number of nitrogens with zero attached hydrogens (tertiary/aromatic N) is 4. The Balaban J connectivity index is 1.35. The van der Waals surface area contributed by atoms with Crippen LogP contribution in [0.4, 0.5) is 15.9 Å². The fourth-order valence-corrected chi connectivity index (χ4v) is 4.42. The predicted molar refractivity (Wildman–Crippen MR) is 126 cm³/mol. The van der Waals surface area contributed by atoms with Gasteiger partial charge < -0.3 is 19.5 Å². The van der Waals surface area contributed by atoms with E-state index in [1.54, 1.807) is 29.1 Å². The van der Waals surface area contributed by atoms with Crippen molar-refractivity contribution in [3.05, 3.63) is 78.6 Å². The Hall–Kier alpha value is -3.84. The van der Waals surface area contributed by atoms with Crippen LogP contribution in [0.25, 0.3) is 11.2 Å². The first-order valence-electron chi connectivity index (χ1n) is 11.3. The zero-order valence-corrected chi connectivity index (χ0v) is 19.1. The van der Waals surface area contributed by atoms with Crippen LogP contribution in [-0.4, -0.2) is 43.6 Å². The van der Waals surface area contributed by atoms with E-state index in [-0.39, 0.29) is 5.82 Å². The number of imidazole rings is 1. The van der Waals surface area contributed by atoms with Gasteiger partial charge in [-0.15, -0.1) is 0 Å². The number of hydrogen-bond acceptors (Lipinski definition) is 7. The third-order valence-corrected chi connectivity index (χ3v) is 5.92. The maximum absolute atomic E-state index is 14.1. The van der Waals surface area contributed by atoms with Crippen LogP contribution in [-0.2, 0) is 14.2 Å². The van der Waals surface area contributed by atoms with Crippen molar-refractivity contribution in [2.75, 3.05) is 5.32 Å². The summed E-state index contributed by atoms with van der Waals surface area (Å²) in [7, 11) is 0. The lowest BCUT2D eigenvalue weighted by molar-refractivity contribution is -0.190. The van der Waals surface area contributed by atoms with Gasteiger partial charge in [0.2, 0.25) is 0 Å². The molecule has 0 aliphatic carbocycles. The number of para-hydroxylation sites is 1. The highest BCUT2D eigenvalue weighted by molar-refractivity contribution is 5.85. The van der Waals surface area contributed by atoms with Crippen LogP contribution in [0.1, 0.15) is 25.6 Å². The summed E-state index contributed by atoms with van der Waals surface area (Å²) >= 11 is 0. The lowest BCUT2D eigenvalue weighted by Crippen LogP contribution is -2.28. The second-order valence-corrected chi connectivity index (χ2v) is 8.80. The molecule has 4 atom stereocenters. The van der Waals surface area contributed by atoms with E-state index in [9.17, 15) is 4.39 Å². The molecule has 6 rings (SSSR count). The molecule has 35 heavy (non-hydrogen) atoms. The van der Waals surface area contributed by atoms with E-state index in [2.05, 4.69) is 32.1 Å². The molecule has 4 aromatic rings. The average Bonchev–Trinajstić information content (AvgIpc) is 3.51. The Morgan fingerprint density at radius 2 is 1.74 bits per heavy atom. The summed E-state index contributed by atoms with van der Waals surface area (Å²) in [5.74, 6) is 5.30. The Kier molecular flexibility index (Phi) is 5.22. The van der Waals surface area contributed by atoms with Gasteiger partial charge in [-0.2, -0.15) is 0 Å². The number of rotatable bonds is 3. The van der Waals surface area contributed by atoms with Gasteiger partial charge in [0, 0.05) is 5.69 Å². The highest BCUT2D eigenvalue weighted by Gasteiger charge is 2.56. The SMILES string of the molecule is CC1(C)O[C@@H]2[C@H](O1)[C@@H](C#Cc1ccccc1F)O[C@H]2n1cnc2c(Nc3ccccc3)ncnc21. The topological polar surface area (TPSA) is 83.3 Å². The van der Waals surface area contributed by atoms with E-state index < -0.39 is 30.3 Å². The van der Waals surface area contributed by atoms with Gasteiger partial charge in [0.15, 0.2) is 29.0 Å². The van der Waals surface area contributed by atoms with Crippen LogP contribution in [0.2, 0.25) is 0 Å². The molecular formula is C26H22FN5O3. The van der Waals surface area contributed by atoms with Gasteiger partial charge in [0.05, 0.1) is 11.9 Å². The molecule has 0 radical (unpaired) electrons. The van der Waals surface area contributed by atoms with E-state index in [1.165, 1.54) is 12.4 Å². The minimum atomic E-state index is -0.819. The van der Waals surface area contributed by atoms with Crippen LogP contribution in [0.15, 0.2) is 67.3 Å². The molecule has 1 N–H and O–H groups in total. The summed E-state index contributed by atoms with van der Waals surface area (Å²) < 4.78 is 34.5. The van der Waals surface area contributed by atoms with Gasteiger partial charge in [-0.05, 0) is 38.1 Å². The molecule has 176 valence electrons. The lowest BCUT2D eigenvalue weighted by atomic mass is 10.1. The molecule has 2 aliphatic rings. The second-order valence-electron chi connectivity index (χ2n) is 8.80. The quantitative estimate of drug-likeness (QED) is 0.449. The van der Waals surface area contributed by atoms with Crippen molar-refractivity contribution in [1.82, 2.24) is 19.5 Å². The molecule has 2 saturated heterocycles. The van der Waals surface area contributed by atoms with Gasteiger partial charge in [-0.3, -0.25) is 4.57 Å². The number of benzene rings is 2. The van der Waals surface area contributed by atoms with E-state index in [0.717, 1.165) is 5.69 Å². The molecule has 2 aromatic carbocycles. The van der Waals surface area contributed by atoms with Gasteiger partial charge >= 0.3 is 0 Å². The Morgan fingerprint density at radius 3 is 2.57 bits per heavy atom. The van der Waals surface area contributed by atoms with Crippen molar-refractivity contribution in [3.8, 4) is 11.8 Å². The zero-order chi connectivity index (χ0) is 24.0. The van der Waals surface area contributed by atoms with E-state index in [0.29, 0.717) is 22.5 Å². The molecule has 2 fully saturated rings. The fourth-order valence-electron chi connectivity index (χ4n) is 4.42. The van der Waals surface area contributed by atoms with Gasteiger partial charge in [0.25, 0.3) is 0 Å². The van der Waals surface area contributed by atoms with Crippen molar-refractivity contribution < 1.29 is 18.6 Å². The predicted octanol–water partition coefficient (Wildman–Crippen LogP) is 4.18. The van der Waals surface area contributed by atoms with Crippen LogP contribution in [0.5, 0.6) is 0 Å². The van der Waals surface area contributed by atoms with E-state index in [4.69, 9.17) is 14.2 Å². The summed E-state index contributed by atoms with van der Waals surface area (Å²) in [6.07, 6.45) is 0.986. The average molecular weight is 471 g/mol. The number of anilines is 2. The highest BCUT2D eigenvalue weighted by Crippen LogP contribution is 2.43. The first-order valence-corrected chi connectivity index (χ1v) is 11.3. The highest BCUT2D eigenvalue weighted by atomic mass is 19.1. The molecule has 8 nitrogen and oxygen atoms in total. The normalized spacial score (nSPS) is 24.7. The Morgan fingerprint density at radius 1 is 0.971 bits per heavy atom. The van der Waals surface area contributed by atoms with Crippen LogP contribution in [0.3, 0.4) is 0 Å². The smallest absolute Gasteiger partial charge is 0.167 e. The van der Waals surface area contributed by atoms with Crippen molar-refractivity contribution >= 4 is 22.7 Å². The summed E-state index contributed by atoms with van der Waals surface area (Å²) in [5, 5.41) is 3.28. The van der Waals surface area contributed by atoms with Crippen molar-refractivity contribution in [3.63, 3.8) is 0 Å². The third-order valence-electron chi connectivity index (χ3n) is 5.92. The first-order chi connectivity index (χ1) is 17.0. The van der Waals surface area contributed by atoms with Crippen molar-refractivity contribution in [1.29, 1.82) is 0 Å². The molecule has 2 aromatic heterocycles. The molecule has 0 spiro atoms. The Labute approximate surface area is 201 Å². The standard InChI is InChI=1S/C26H22FN5O3/c1-26(2)34-21-19(13-12-16-8-6-7-11-18(16)27)33-25(22(21)35-26)32-15-30-20-23(28-14-29-24(20)32)31-17-9-4-3-5-10-17/h3-11,14-15,19,21-22,25H,1-2H3,(H,28,29,31)/t19-,21-,22-,25-/m1/s1. The Bertz CT molecular complexity index is 1450. The largest absolute Gasteiger partial charge is 0.341 e. The summed E-state index contributed by atoms with van der Waals surface area (Å²) in [5.41, 5.74) is 2.36. The molecule has 4 heterocycles. The molecule has 0 unspecified atom stereocenters. The molecule has 0 amide bonds. The summed E-state index contributed by atoms with van der Waals surface area (Å²) in [6.45, 7) is 3.69. The molecule has 0 bridgehead atoms. The molecule has 9 heteroatoms. The second kappa shape index (κ2) is 8.43. The van der Waals surface area contributed by atoms with Gasteiger partial charge in [-0.1, -0.05) is 42.2 Å². The molecule has 0 saturated carbocycles. The van der Waals surface area contributed by atoms with Crippen LogP contribution >= 0.6 is 0 Å². The number of hydrogen-bond donors (Lipinski definition) is 1. The summed E-state index contributed by atoms with van der Waals surface area (Å²) in [6, 6.07) is 16.1. The van der Waals surface area contributed by atoms with Gasteiger partial charge in [0.1, 0.15) is 30.5 Å². The maximum Gasteiger partial charge on any atom is 0.167 e. The minimum absolute atomic E-state index is 0.298. The number of aromatic nitrogens is 4. The summed E-state index contributed by atoms with van der Waals surface area (Å²) in [4.78, 5) is 13.4. The fraction of sp³-hybridized carbons (Fsp3) is 0.269. The van der Waals surface area contributed by atoms with Crippen molar-refractivity contribution in [2.45, 2.75) is 44.2 Å². The van der Waals surface area contributed by atoms with E-state index >= 15 is 0 Å². The van der Waals surface area contributed by atoms with E-state index in [1.807, 2.05) is 44.2 Å². The number of fused-ring (bicyclic) bond motifs is 2.